The van der Waals surface area contributed by atoms with Gasteiger partial charge in [0.05, 0.1) is 5.56 Å². The van der Waals surface area contributed by atoms with Crippen LogP contribution in [0.5, 0.6) is 0 Å². The number of aryl methyl sites for hydroxylation is 1. The van der Waals surface area contributed by atoms with Crippen LogP contribution < -0.4 is 26.8 Å². The monoisotopic (exact) mass is 421 g/mol. The van der Waals surface area contributed by atoms with Gasteiger partial charge in [0.2, 0.25) is 0 Å². The highest BCUT2D eigenvalue weighted by molar-refractivity contribution is 5.62. The molecule has 0 radical (unpaired) electrons. The summed E-state index contributed by atoms with van der Waals surface area (Å²) >= 11 is 0. The second kappa shape index (κ2) is 9.27. The molecule has 0 aromatic heterocycles. The molecule has 0 aliphatic carbocycles. The molecule has 2 aromatic rings. The van der Waals surface area contributed by atoms with Crippen LogP contribution >= 0.6 is 0 Å². The topological polar surface area (TPSA) is 69.4 Å². The largest absolute Gasteiger partial charge is 0.416 e. The highest BCUT2D eigenvalue weighted by Crippen LogP contribution is 2.32. The van der Waals surface area contributed by atoms with Crippen molar-refractivity contribution in [2.75, 3.05) is 37.9 Å². The minimum absolute atomic E-state index is 0.398. The first-order valence-corrected chi connectivity index (χ1v) is 9.51. The van der Waals surface area contributed by atoms with Crippen molar-refractivity contribution in [2.24, 2.45) is 0 Å². The van der Waals surface area contributed by atoms with E-state index >= 15 is 0 Å². The minimum Gasteiger partial charge on any atom is -0.381 e. The van der Waals surface area contributed by atoms with Crippen LogP contribution in [0.1, 0.15) is 22.9 Å². The average molecular weight is 421 g/mol. The second-order valence-corrected chi connectivity index (χ2v) is 6.97. The van der Waals surface area contributed by atoms with E-state index in [0.29, 0.717) is 12.1 Å². The molecule has 6 nitrogen and oxygen atoms in total. The van der Waals surface area contributed by atoms with Gasteiger partial charge >= 0.3 is 6.18 Å². The maximum atomic E-state index is 13.0. The molecule has 9 heteroatoms. The standard InChI is InChI=1S/C21H26F3N5O/c1-13-7-8-17(10-18(13)26-11-15-12-27-29-19(15)25-2)28-20(30-3)14-5-4-6-16(9-14)21(22,23)24/h4-10,20,25-29H,11-12H2,1-3H3. The number of hydrogen-bond acceptors (Lipinski definition) is 6. The van der Waals surface area contributed by atoms with Gasteiger partial charge in [0.25, 0.3) is 0 Å². The van der Waals surface area contributed by atoms with Crippen LogP contribution in [0, 0.1) is 6.92 Å². The second-order valence-electron chi connectivity index (χ2n) is 6.97. The molecule has 2 aromatic carbocycles. The molecule has 1 atom stereocenters. The van der Waals surface area contributed by atoms with Crippen LogP contribution in [-0.2, 0) is 10.9 Å². The van der Waals surface area contributed by atoms with E-state index in [-0.39, 0.29) is 0 Å². The van der Waals surface area contributed by atoms with Gasteiger partial charge in [-0.1, -0.05) is 18.2 Å². The van der Waals surface area contributed by atoms with Crippen molar-refractivity contribution in [1.29, 1.82) is 0 Å². The third-order valence-corrected chi connectivity index (χ3v) is 4.90. The van der Waals surface area contributed by atoms with Crippen LogP contribution in [0.3, 0.4) is 0 Å². The number of rotatable bonds is 8. The molecular weight excluding hydrogens is 395 g/mol. The van der Waals surface area contributed by atoms with Gasteiger partial charge in [0.1, 0.15) is 5.82 Å². The van der Waals surface area contributed by atoms with Gasteiger partial charge in [-0.25, -0.2) is 5.43 Å². The van der Waals surface area contributed by atoms with Crippen LogP contribution in [0.15, 0.2) is 53.9 Å². The summed E-state index contributed by atoms with van der Waals surface area (Å²) in [6, 6.07) is 10.9. The SMILES string of the molecule is CNC1=C(CNc2cc(NC(OC)c3cccc(C(F)(F)F)c3)ccc2C)CNN1. The lowest BCUT2D eigenvalue weighted by molar-refractivity contribution is -0.137. The zero-order valence-electron chi connectivity index (χ0n) is 17.1. The fraction of sp³-hybridized carbons (Fsp3) is 0.333. The summed E-state index contributed by atoms with van der Waals surface area (Å²) in [7, 11) is 3.31. The quantitative estimate of drug-likeness (QED) is 0.419. The van der Waals surface area contributed by atoms with Gasteiger partial charge in [-0.05, 0) is 36.8 Å². The summed E-state index contributed by atoms with van der Waals surface area (Å²) in [5, 5.41) is 9.67. The number of nitrogens with one attached hydrogen (secondary N) is 5. The van der Waals surface area contributed by atoms with Gasteiger partial charge in [0, 0.05) is 49.8 Å². The Labute approximate surface area is 173 Å². The van der Waals surface area contributed by atoms with E-state index in [2.05, 4.69) is 26.8 Å². The Balaban J connectivity index is 1.75. The van der Waals surface area contributed by atoms with E-state index in [1.807, 2.05) is 32.2 Å². The van der Waals surface area contributed by atoms with Gasteiger partial charge in [-0.2, -0.15) is 13.2 Å². The highest BCUT2D eigenvalue weighted by Gasteiger charge is 2.31. The predicted molar refractivity (Wildman–Crippen MR) is 112 cm³/mol. The van der Waals surface area contributed by atoms with E-state index in [0.717, 1.165) is 47.0 Å². The maximum absolute atomic E-state index is 13.0. The number of hydrogen-bond donors (Lipinski definition) is 5. The van der Waals surface area contributed by atoms with E-state index < -0.39 is 18.0 Å². The predicted octanol–water partition coefficient (Wildman–Crippen LogP) is 3.72. The van der Waals surface area contributed by atoms with Crippen molar-refractivity contribution in [1.82, 2.24) is 16.2 Å². The van der Waals surface area contributed by atoms with Gasteiger partial charge in [-0.3, -0.25) is 0 Å². The number of benzene rings is 2. The Kier molecular flexibility index (Phi) is 6.73. The number of anilines is 2. The molecule has 0 amide bonds. The number of alkyl halides is 3. The van der Waals surface area contributed by atoms with Crippen molar-refractivity contribution in [3.05, 3.63) is 70.5 Å². The Hall–Kier alpha value is -2.91. The number of hydrazine groups is 1. The number of methoxy groups -OCH3 is 1. The van der Waals surface area contributed by atoms with Crippen molar-refractivity contribution in [2.45, 2.75) is 19.3 Å². The van der Waals surface area contributed by atoms with Crippen molar-refractivity contribution in [3.8, 4) is 0 Å². The van der Waals surface area contributed by atoms with Crippen molar-refractivity contribution >= 4 is 11.4 Å². The Morgan fingerprint density at radius 3 is 2.67 bits per heavy atom. The first kappa shape index (κ1) is 21.8. The smallest absolute Gasteiger partial charge is 0.381 e. The molecule has 3 rings (SSSR count). The Morgan fingerprint density at radius 1 is 1.17 bits per heavy atom. The molecule has 0 bridgehead atoms. The van der Waals surface area contributed by atoms with Crippen molar-refractivity contribution < 1.29 is 17.9 Å². The van der Waals surface area contributed by atoms with Gasteiger partial charge in [0.15, 0.2) is 6.23 Å². The zero-order valence-corrected chi connectivity index (χ0v) is 17.1. The lowest BCUT2D eigenvalue weighted by Gasteiger charge is -2.21. The third-order valence-electron chi connectivity index (χ3n) is 4.90. The summed E-state index contributed by atoms with van der Waals surface area (Å²) in [4.78, 5) is 0. The summed E-state index contributed by atoms with van der Waals surface area (Å²) in [6.07, 6.45) is -5.12. The molecule has 5 N–H and O–H groups in total. The lowest BCUT2D eigenvalue weighted by atomic mass is 10.1. The lowest BCUT2D eigenvalue weighted by Crippen LogP contribution is -2.28. The first-order chi connectivity index (χ1) is 14.3. The molecule has 0 fully saturated rings. The van der Waals surface area contributed by atoms with Crippen LogP contribution in [0.2, 0.25) is 0 Å². The maximum Gasteiger partial charge on any atom is 0.416 e. The summed E-state index contributed by atoms with van der Waals surface area (Å²) in [5.74, 6) is 0.943. The summed E-state index contributed by atoms with van der Waals surface area (Å²) in [5.41, 5.74) is 9.69. The Morgan fingerprint density at radius 2 is 1.97 bits per heavy atom. The molecule has 162 valence electrons. The summed E-state index contributed by atoms with van der Waals surface area (Å²) < 4.78 is 44.5. The van der Waals surface area contributed by atoms with E-state index in [9.17, 15) is 13.2 Å². The minimum atomic E-state index is -4.40. The van der Waals surface area contributed by atoms with Gasteiger partial charge in [-0.15, -0.1) is 0 Å². The zero-order chi connectivity index (χ0) is 21.7. The van der Waals surface area contributed by atoms with Crippen molar-refractivity contribution in [3.63, 3.8) is 0 Å². The molecule has 0 saturated heterocycles. The number of halogens is 3. The molecular formula is C21H26F3N5O. The fourth-order valence-corrected chi connectivity index (χ4v) is 3.22. The molecule has 30 heavy (non-hydrogen) atoms. The molecule has 0 saturated carbocycles. The fourth-order valence-electron chi connectivity index (χ4n) is 3.22. The molecule has 1 aliphatic heterocycles. The van der Waals surface area contributed by atoms with E-state index in [1.165, 1.54) is 13.2 Å². The van der Waals surface area contributed by atoms with E-state index in [4.69, 9.17) is 4.74 Å². The highest BCUT2D eigenvalue weighted by atomic mass is 19.4. The molecule has 0 spiro atoms. The van der Waals surface area contributed by atoms with Crippen LogP contribution in [0.25, 0.3) is 0 Å². The van der Waals surface area contributed by atoms with Crippen LogP contribution in [-0.4, -0.2) is 27.2 Å². The third kappa shape index (κ3) is 5.17. The number of ether oxygens (including phenoxy) is 1. The average Bonchev–Trinajstić information content (AvgIpc) is 3.19. The van der Waals surface area contributed by atoms with Crippen LogP contribution in [0.4, 0.5) is 24.5 Å². The Bertz CT molecular complexity index is 914. The van der Waals surface area contributed by atoms with Gasteiger partial charge < -0.3 is 26.1 Å². The normalized spacial score (nSPS) is 15.0. The first-order valence-electron chi connectivity index (χ1n) is 9.51. The summed E-state index contributed by atoms with van der Waals surface area (Å²) in [6.45, 7) is 3.36. The molecule has 1 aliphatic rings. The molecule has 1 unspecified atom stereocenters. The molecule has 1 heterocycles. The van der Waals surface area contributed by atoms with E-state index in [1.54, 1.807) is 6.07 Å².